The Kier molecular flexibility index (Phi) is 5.52. The quantitative estimate of drug-likeness (QED) is 0.553. The van der Waals surface area contributed by atoms with E-state index in [4.69, 9.17) is 5.73 Å². The fraction of sp³-hybridized carbons (Fsp3) is 0.462. The minimum Gasteiger partial charge on any atom is -0.399 e. The molecule has 1 aliphatic rings. The van der Waals surface area contributed by atoms with Gasteiger partial charge in [0.25, 0.3) is 0 Å². The molecule has 2 N–H and O–H groups in total. The molecule has 1 aromatic carbocycles. The molecule has 0 heterocycles. The van der Waals surface area contributed by atoms with E-state index in [1.54, 1.807) is 0 Å². The van der Waals surface area contributed by atoms with Crippen molar-refractivity contribution in [1.82, 2.24) is 0 Å². The van der Waals surface area contributed by atoms with Crippen LogP contribution in [0.4, 0.5) is 5.69 Å². The lowest BCUT2D eigenvalue weighted by molar-refractivity contribution is 0.445. The van der Waals surface area contributed by atoms with Crippen molar-refractivity contribution in [3.05, 3.63) is 30.3 Å². The molecule has 1 saturated carbocycles. The average molecular weight is 204 g/mol. The maximum absolute atomic E-state index is 5.36. The third-order valence-corrected chi connectivity index (χ3v) is 2.63. The second kappa shape index (κ2) is 7.04. The van der Waals surface area contributed by atoms with Crippen LogP contribution in [0.1, 0.15) is 32.1 Å². The van der Waals surface area contributed by atoms with Crippen LogP contribution in [0.2, 0.25) is 0 Å². The van der Waals surface area contributed by atoms with Gasteiger partial charge in [-0.1, -0.05) is 37.5 Å². The van der Waals surface area contributed by atoms with Crippen molar-refractivity contribution in [2.75, 3.05) is 5.73 Å². The van der Waals surface area contributed by atoms with Crippen LogP contribution in [-0.2, 0) is 0 Å². The molecule has 1 fully saturated rings. The molecule has 0 radical (unpaired) electrons. The minimum atomic E-state index is 0.601. The van der Waals surface area contributed by atoms with Gasteiger partial charge >= 0.3 is 0 Å². The van der Waals surface area contributed by atoms with Crippen LogP contribution >= 0.6 is 0 Å². The Morgan fingerprint density at radius 2 is 1.67 bits per heavy atom. The molecule has 2 rings (SSSR count). The Morgan fingerprint density at radius 1 is 1.07 bits per heavy atom. The summed E-state index contributed by atoms with van der Waals surface area (Å²) in [4.78, 5) is 4.00. The number of hydrogen-bond donors (Lipinski definition) is 1. The van der Waals surface area contributed by atoms with Crippen molar-refractivity contribution in [3.8, 4) is 0 Å². The van der Waals surface area contributed by atoms with Crippen LogP contribution in [0.5, 0.6) is 0 Å². The molecule has 0 spiro atoms. The summed E-state index contributed by atoms with van der Waals surface area (Å²) in [7, 11) is 0. The van der Waals surface area contributed by atoms with E-state index in [9.17, 15) is 0 Å². The number of rotatable bonds is 1. The smallest absolute Gasteiger partial charge is 0.0492 e. The van der Waals surface area contributed by atoms with Crippen LogP contribution < -0.4 is 5.73 Å². The first-order chi connectivity index (χ1) is 7.33. The van der Waals surface area contributed by atoms with Gasteiger partial charge in [0.1, 0.15) is 0 Å². The lowest BCUT2D eigenvalue weighted by atomic mass is 9.96. The zero-order valence-corrected chi connectivity index (χ0v) is 9.23. The highest BCUT2D eigenvalue weighted by Gasteiger charge is 2.09. The fourth-order valence-electron chi connectivity index (χ4n) is 1.72. The fourth-order valence-corrected chi connectivity index (χ4v) is 1.72. The summed E-state index contributed by atoms with van der Waals surface area (Å²) in [5.41, 5.74) is 6.18. The zero-order chi connectivity index (χ0) is 10.9. The highest BCUT2D eigenvalue weighted by atomic mass is 14.7. The van der Waals surface area contributed by atoms with Gasteiger partial charge in [-0.15, -0.1) is 0 Å². The van der Waals surface area contributed by atoms with Crippen molar-refractivity contribution in [2.24, 2.45) is 4.99 Å². The number of nitrogens with two attached hydrogens (primary N) is 1. The van der Waals surface area contributed by atoms with Crippen LogP contribution in [0.25, 0.3) is 0 Å². The van der Waals surface area contributed by atoms with E-state index < -0.39 is 0 Å². The third-order valence-electron chi connectivity index (χ3n) is 2.63. The van der Waals surface area contributed by atoms with Gasteiger partial charge in [-0.2, -0.15) is 0 Å². The van der Waals surface area contributed by atoms with Gasteiger partial charge in [-0.05, 0) is 31.7 Å². The van der Waals surface area contributed by atoms with Gasteiger partial charge in [-0.25, -0.2) is 0 Å². The molecule has 1 aliphatic carbocycles. The summed E-state index contributed by atoms with van der Waals surface area (Å²) in [6.07, 6.45) is 6.70. The number of para-hydroxylation sites is 1. The lowest BCUT2D eigenvalue weighted by Gasteiger charge is -2.15. The predicted molar refractivity (Wildman–Crippen MR) is 67.3 cm³/mol. The SMILES string of the molecule is C=NC1CCCCC1.Nc1ccccc1. The summed E-state index contributed by atoms with van der Waals surface area (Å²) < 4.78 is 0. The first-order valence-corrected chi connectivity index (χ1v) is 5.59. The normalized spacial score (nSPS) is 16.3. The van der Waals surface area contributed by atoms with Crippen molar-refractivity contribution in [3.63, 3.8) is 0 Å². The number of aliphatic imine (C=N–C) groups is 1. The van der Waals surface area contributed by atoms with E-state index in [2.05, 4.69) is 11.7 Å². The zero-order valence-electron chi connectivity index (χ0n) is 9.23. The Hall–Kier alpha value is -1.31. The van der Waals surface area contributed by atoms with E-state index >= 15 is 0 Å². The van der Waals surface area contributed by atoms with Crippen LogP contribution in [0.15, 0.2) is 35.3 Å². The molecule has 2 heteroatoms. The van der Waals surface area contributed by atoms with E-state index in [1.807, 2.05) is 30.3 Å². The summed E-state index contributed by atoms with van der Waals surface area (Å²) >= 11 is 0. The Bertz CT molecular complexity index is 263. The summed E-state index contributed by atoms with van der Waals surface area (Å²) in [5, 5.41) is 0. The Labute approximate surface area is 92.2 Å². The van der Waals surface area contributed by atoms with Gasteiger partial charge in [0.2, 0.25) is 0 Å². The number of anilines is 1. The molecule has 2 nitrogen and oxygen atoms in total. The maximum atomic E-state index is 5.36. The first-order valence-electron chi connectivity index (χ1n) is 5.59. The highest BCUT2D eigenvalue weighted by Crippen LogP contribution is 2.19. The molecule has 82 valence electrons. The monoisotopic (exact) mass is 204 g/mol. The lowest BCUT2D eigenvalue weighted by Crippen LogP contribution is -2.08. The molecule has 0 bridgehead atoms. The number of nitrogen functional groups attached to an aromatic ring is 1. The van der Waals surface area contributed by atoms with Crippen molar-refractivity contribution in [1.29, 1.82) is 0 Å². The molecule has 0 aliphatic heterocycles. The molecule has 0 atom stereocenters. The van der Waals surface area contributed by atoms with Crippen molar-refractivity contribution >= 4 is 12.4 Å². The van der Waals surface area contributed by atoms with Crippen LogP contribution in [-0.4, -0.2) is 12.8 Å². The average Bonchev–Trinajstić information content (AvgIpc) is 2.32. The number of nitrogens with zero attached hydrogens (tertiary/aromatic N) is 1. The van der Waals surface area contributed by atoms with Gasteiger partial charge in [0, 0.05) is 11.7 Å². The third kappa shape index (κ3) is 5.21. The molecular formula is C13H20N2. The summed E-state index contributed by atoms with van der Waals surface area (Å²) in [6, 6.07) is 10.1. The first kappa shape index (κ1) is 11.8. The van der Waals surface area contributed by atoms with E-state index in [1.165, 1.54) is 32.1 Å². The second-order valence-corrected chi connectivity index (χ2v) is 3.89. The molecule has 1 aromatic rings. The maximum Gasteiger partial charge on any atom is 0.0492 e. The standard InChI is InChI=1S/C7H13N.C6H7N/c1-8-7-5-3-2-4-6-7;7-6-4-2-1-3-5-6/h7H,1-6H2;1-5H,7H2. The van der Waals surface area contributed by atoms with E-state index in [0.717, 1.165) is 5.69 Å². The minimum absolute atomic E-state index is 0.601. The number of benzene rings is 1. The largest absolute Gasteiger partial charge is 0.399 e. The van der Waals surface area contributed by atoms with Crippen LogP contribution in [0.3, 0.4) is 0 Å². The summed E-state index contributed by atoms with van der Waals surface area (Å²) in [6.45, 7) is 3.53. The molecule has 0 saturated heterocycles. The van der Waals surface area contributed by atoms with E-state index in [0.29, 0.717) is 6.04 Å². The molecule has 0 unspecified atom stereocenters. The molecule has 15 heavy (non-hydrogen) atoms. The molecular weight excluding hydrogens is 184 g/mol. The topological polar surface area (TPSA) is 38.4 Å². The van der Waals surface area contributed by atoms with Crippen LogP contribution in [0, 0.1) is 0 Å². The van der Waals surface area contributed by atoms with Gasteiger partial charge in [-0.3, -0.25) is 4.99 Å². The summed E-state index contributed by atoms with van der Waals surface area (Å²) in [5.74, 6) is 0. The number of hydrogen-bond acceptors (Lipinski definition) is 2. The van der Waals surface area contributed by atoms with Gasteiger partial charge in [0.15, 0.2) is 0 Å². The molecule has 0 aromatic heterocycles. The van der Waals surface area contributed by atoms with E-state index in [-0.39, 0.29) is 0 Å². The van der Waals surface area contributed by atoms with Crippen molar-refractivity contribution in [2.45, 2.75) is 38.1 Å². The van der Waals surface area contributed by atoms with Gasteiger partial charge < -0.3 is 5.73 Å². The Balaban J connectivity index is 0.000000151. The second-order valence-electron chi connectivity index (χ2n) is 3.89. The van der Waals surface area contributed by atoms with Gasteiger partial charge in [0.05, 0.1) is 0 Å². The molecule has 0 amide bonds. The predicted octanol–water partition coefficient (Wildman–Crippen LogP) is 3.29. The Morgan fingerprint density at radius 3 is 2.00 bits per heavy atom. The highest BCUT2D eigenvalue weighted by molar-refractivity contribution is 5.35. The van der Waals surface area contributed by atoms with Crippen molar-refractivity contribution < 1.29 is 0 Å².